The Kier molecular flexibility index (Phi) is 5.67. The second-order valence-corrected chi connectivity index (χ2v) is 6.28. The standard InChI is InChI=1S/C15H26N2S/c1-3-9-16-11-13-7-8-15(13)17(4-2)12-14-6-5-10-18-14/h5-6,10,13,15-16H,3-4,7-9,11-12H2,1-2H3. The zero-order chi connectivity index (χ0) is 12.8. The number of nitrogens with zero attached hydrogens (tertiary/aromatic N) is 1. The van der Waals surface area contributed by atoms with Crippen molar-refractivity contribution in [2.45, 2.75) is 45.7 Å². The molecule has 1 aromatic heterocycles. The molecule has 0 aliphatic heterocycles. The lowest BCUT2D eigenvalue weighted by molar-refractivity contribution is 0.0607. The monoisotopic (exact) mass is 266 g/mol. The van der Waals surface area contributed by atoms with E-state index in [9.17, 15) is 0 Å². The molecule has 0 radical (unpaired) electrons. The van der Waals surface area contributed by atoms with Crippen molar-refractivity contribution in [2.24, 2.45) is 5.92 Å². The quantitative estimate of drug-likeness (QED) is 0.726. The lowest BCUT2D eigenvalue weighted by Gasteiger charge is -2.44. The molecule has 1 aliphatic rings. The molecule has 102 valence electrons. The van der Waals surface area contributed by atoms with Crippen LogP contribution in [0.1, 0.15) is 38.0 Å². The van der Waals surface area contributed by atoms with E-state index in [0.29, 0.717) is 0 Å². The van der Waals surface area contributed by atoms with Crippen molar-refractivity contribution in [3.8, 4) is 0 Å². The Morgan fingerprint density at radius 1 is 1.39 bits per heavy atom. The predicted octanol–water partition coefficient (Wildman–Crippen LogP) is 3.35. The maximum atomic E-state index is 3.58. The van der Waals surface area contributed by atoms with Crippen LogP contribution in [0.15, 0.2) is 17.5 Å². The fourth-order valence-electron chi connectivity index (χ4n) is 2.80. The van der Waals surface area contributed by atoms with E-state index >= 15 is 0 Å². The van der Waals surface area contributed by atoms with Crippen LogP contribution in [-0.4, -0.2) is 30.6 Å². The van der Waals surface area contributed by atoms with Crippen LogP contribution in [0.2, 0.25) is 0 Å². The summed E-state index contributed by atoms with van der Waals surface area (Å²) < 4.78 is 0. The van der Waals surface area contributed by atoms with Crippen molar-refractivity contribution < 1.29 is 0 Å². The van der Waals surface area contributed by atoms with E-state index in [2.05, 4.69) is 41.6 Å². The average Bonchev–Trinajstić information content (AvgIpc) is 2.85. The fourth-order valence-corrected chi connectivity index (χ4v) is 3.53. The molecule has 3 heteroatoms. The van der Waals surface area contributed by atoms with Crippen molar-refractivity contribution in [1.29, 1.82) is 0 Å². The highest BCUT2D eigenvalue weighted by Gasteiger charge is 2.34. The highest BCUT2D eigenvalue weighted by molar-refractivity contribution is 7.09. The molecule has 1 aromatic rings. The van der Waals surface area contributed by atoms with Gasteiger partial charge in [-0.2, -0.15) is 0 Å². The van der Waals surface area contributed by atoms with E-state index in [1.54, 1.807) is 0 Å². The molecular formula is C15H26N2S. The van der Waals surface area contributed by atoms with Gasteiger partial charge in [-0.25, -0.2) is 0 Å². The minimum Gasteiger partial charge on any atom is -0.316 e. The van der Waals surface area contributed by atoms with Gasteiger partial charge in [0, 0.05) is 17.5 Å². The summed E-state index contributed by atoms with van der Waals surface area (Å²) in [7, 11) is 0. The Hall–Kier alpha value is -0.380. The molecule has 1 aliphatic carbocycles. The molecule has 2 atom stereocenters. The highest BCUT2D eigenvalue weighted by atomic mass is 32.1. The van der Waals surface area contributed by atoms with Crippen LogP contribution in [0, 0.1) is 5.92 Å². The zero-order valence-electron chi connectivity index (χ0n) is 11.7. The molecule has 1 heterocycles. The van der Waals surface area contributed by atoms with Crippen LogP contribution in [0.25, 0.3) is 0 Å². The number of hydrogen-bond donors (Lipinski definition) is 1. The van der Waals surface area contributed by atoms with Gasteiger partial charge in [-0.05, 0) is 56.3 Å². The minimum absolute atomic E-state index is 0.807. The molecule has 2 rings (SSSR count). The first-order chi connectivity index (χ1) is 8.85. The molecule has 0 saturated heterocycles. The Balaban J connectivity index is 1.80. The smallest absolute Gasteiger partial charge is 0.0330 e. The van der Waals surface area contributed by atoms with Crippen LogP contribution in [0.3, 0.4) is 0 Å². The summed E-state index contributed by atoms with van der Waals surface area (Å²) in [6.45, 7) is 9.22. The zero-order valence-corrected chi connectivity index (χ0v) is 12.5. The first kappa shape index (κ1) is 14.0. The van der Waals surface area contributed by atoms with Gasteiger partial charge in [-0.15, -0.1) is 11.3 Å². The second-order valence-electron chi connectivity index (χ2n) is 5.25. The van der Waals surface area contributed by atoms with Crippen LogP contribution < -0.4 is 5.32 Å². The van der Waals surface area contributed by atoms with Gasteiger partial charge in [0.25, 0.3) is 0 Å². The van der Waals surface area contributed by atoms with E-state index in [0.717, 1.165) is 18.5 Å². The molecular weight excluding hydrogens is 240 g/mol. The Morgan fingerprint density at radius 3 is 2.83 bits per heavy atom. The van der Waals surface area contributed by atoms with Gasteiger partial charge in [0.2, 0.25) is 0 Å². The van der Waals surface area contributed by atoms with Gasteiger partial charge in [0.15, 0.2) is 0 Å². The van der Waals surface area contributed by atoms with E-state index in [-0.39, 0.29) is 0 Å². The largest absolute Gasteiger partial charge is 0.316 e. The van der Waals surface area contributed by atoms with Gasteiger partial charge in [0.05, 0.1) is 0 Å². The SMILES string of the molecule is CCCNCC1CCC1N(CC)Cc1cccs1. The van der Waals surface area contributed by atoms with Crippen molar-refractivity contribution in [1.82, 2.24) is 10.2 Å². The Morgan fingerprint density at radius 2 is 2.28 bits per heavy atom. The van der Waals surface area contributed by atoms with Crippen molar-refractivity contribution in [2.75, 3.05) is 19.6 Å². The third kappa shape index (κ3) is 3.56. The normalized spacial score (nSPS) is 23.3. The van der Waals surface area contributed by atoms with Gasteiger partial charge >= 0.3 is 0 Å². The fraction of sp³-hybridized carbons (Fsp3) is 0.733. The average molecular weight is 266 g/mol. The summed E-state index contributed by atoms with van der Waals surface area (Å²) in [5.41, 5.74) is 0. The molecule has 0 spiro atoms. The second kappa shape index (κ2) is 7.27. The molecule has 18 heavy (non-hydrogen) atoms. The van der Waals surface area contributed by atoms with Crippen molar-refractivity contribution in [3.63, 3.8) is 0 Å². The summed E-state index contributed by atoms with van der Waals surface area (Å²) in [6, 6.07) is 5.23. The van der Waals surface area contributed by atoms with Gasteiger partial charge in [-0.3, -0.25) is 4.90 Å². The van der Waals surface area contributed by atoms with Crippen LogP contribution in [-0.2, 0) is 6.54 Å². The van der Waals surface area contributed by atoms with E-state index in [1.165, 1.54) is 43.8 Å². The molecule has 2 unspecified atom stereocenters. The molecule has 2 nitrogen and oxygen atoms in total. The summed E-state index contributed by atoms with van der Waals surface area (Å²) in [6.07, 6.45) is 4.03. The maximum absolute atomic E-state index is 3.58. The summed E-state index contributed by atoms with van der Waals surface area (Å²) in [5, 5.41) is 5.77. The van der Waals surface area contributed by atoms with Crippen LogP contribution >= 0.6 is 11.3 Å². The number of nitrogens with one attached hydrogen (secondary N) is 1. The molecule has 1 fully saturated rings. The van der Waals surface area contributed by atoms with Crippen LogP contribution in [0.4, 0.5) is 0 Å². The van der Waals surface area contributed by atoms with E-state index in [1.807, 2.05) is 11.3 Å². The van der Waals surface area contributed by atoms with Gasteiger partial charge < -0.3 is 5.32 Å². The number of thiophene rings is 1. The van der Waals surface area contributed by atoms with Gasteiger partial charge in [-0.1, -0.05) is 19.9 Å². The van der Waals surface area contributed by atoms with Gasteiger partial charge in [0.1, 0.15) is 0 Å². The summed E-state index contributed by atoms with van der Waals surface area (Å²) >= 11 is 1.88. The first-order valence-electron chi connectivity index (χ1n) is 7.32. The van der Waals surface area contributed by atoms with E-state index in [4.69, 9.17) is 0 Å². The number of rotatable bonds is 8. The molecule has 0 amide bonds. The Bertz CT molecular complexity index is 323. The minimum atomic E-state index is 0.807. The van der Waals surface area contributed by atoms with Crippen molar-refractivity contribution >= 4 is 11.3 Å². The predicted molar refractivity (Wildman–Crippen MR) is 80.1 cm³/mol. The Labute approximate surface area is 115 Å². The van der Waals surface area contributed by atoms with Crippen LogP contribution in [0.5, 0.6) is 0 Å². The topological polar surface area (TPSA) is 15.3 Å². The third-order valence-electron chi connectivity index (χ3n) is 4.02. The third-order valence-corrected chi connectivity index (χ3v) is 4.89. The molecule has 1 saturated carbocycles. The number of hydrogen-bond acceptors (Lipinski definition) is 3. The molecule has 1 N–H and O–H groups in total. The summed E-state index contributed by atoms with van der Waals surface area (Å²) in [5.74, 6) is 0.872. The highest BCUT2D eigenvalue weighted by Crippen LogP contribution is 2.32. The maximum Gasteiger partial charge on any atom is 0.0330 e. The lowest BCUT2D eigenvalue weighted by atomic mass is 9.78. The van der Waals surface area contributed by atoms with Crippen molar-refractivity contribution in [3.05, 3.63) is 22.4 Å². The summed E-state index contributed by atoms with van der Waals surface area (Å²) in [4.78, 5) is 4.16. The lowest BCUT2D eigenvalue weighted by Crippen LogP contribution is -2.50. The van der Waals surface area contributed by atoms with E-state index < -0.39 is 0 Å². The first-order valence-corrected chi connectivity index (χ1v) is 8.20. The molecule has 0 aromatic carbocycles. The molecule has 0 bridgehead atoms.